The molecule has 0 N–H and O–H groups in total. The molecule has 0 spiro atoms. The highest BCUT2D eigenvalue weighted by atomic mass is 79.9. The van der Waals surface area contributed by atoms with E-state index in [1.165, 1.54) is 6.42 Å². The number of rotatable bonds is 4. The molecule has 0 aliphatic carbocycles. The molecule has 1 aromatic carbocycles. The Morgan fingerprint density at radius 1 is 1.04 bits per heavy atom. The van der Waals surface area contributed by atoms with E-state index in [4.69, 9.17) is 4.52 Å². The molecule has 0 amide bonds. The van der Waals surface area contributed by atoms with Gasteiger partial charge in [-0.15, -0.1) is 0 Å². The molecule has 2 aliphatic heterocycles. The molecule has 2 saturated heterocycles. The van der Waals surface area contributed by atoms with Crippen LogP contribution in [0, 0.1) is 0 Å². The largest absolute Gasteiger partial charge is 0.356 e. The Labute approximate surface area is 154 Å². The first kappa shape index (κ1) is 15.5. The molecule has 2 aliphatic rings. The van der Waals surface area contributed by atoms with Gasteiger partial charge in [-0.25, -0.2) is 0 Å². The molecule has 2 bridgehead atoms. The first-order valence-electron chi connectivity index (χ1n) is 8.68. The standard InChI is InChI=1S/C19H19BrN4O/c20-13-5-6-14(21-8-13)9-23-10-16-7-15(23)11-24(16)12-18-17-3-1-2-4-19(17)25-22-18/h1-6,8,15-16H,7,9-12H2. The lowest BCUT2D eigenvalue weighted by Crippen LogP contribution is -2.45. The van der Waals surface area contributed by atoms with Crippen LogP contribution in [0.25, 0.3) is 11.0 Å². The number of piperazine rings is 1. The molecule has 25 heavy (non-hydrogen) atoms. The molecule has 2 aromatic heterocycles. The molecule has 3 aromatic rings. The molecule has 2 atom stereocenters. The number of para-hydroxylation sites is 1. The van der Waals surface area contributed by atoms with Crippen molar-refractivity contribution in [1.29, 1.82) is 0 Å². The van der Waals surface area contributed by atoms with E-state index in [-0.39, 0.29) is 0 Å². The van der Waals surface area contributed by atoms with Gasteiger partial charge in [-0.05, 0) is 46.6 Å². The lowest BCUT2D eigenvalue weighted by Gasteiger charge is -2.33. The van der Waals surface area contributed by atoms with Gasteiger partial charge in [-0.2, -0.15) is 0 Å². The predicted octanol–water partition coefficient (Wildman–Crippen LogP) is 3.44. The number of fused-ring (bicyclic) bond motifs is 3. The summed E-state index contributed by atoms with van der Waals surface area (Å²) in [4.78, 5) is 9.64. The van der Waals surface area contributed by atoms with Crippen molar-refractivity contribution in [2.24, 2.45) is 0 Å². The van der Waals surface area contributed by atoms with Gasteiger partial charge in [0.05, 0.1) is 5.69 Å². The Hall–Kier alpha value is -1.76. The highest BCUT2D eigenvalue weighted by molar-refractivity contribution is 9.10. The molecule has 5 nitrogen and oxygen atoms in total. The first-order valence-corrected chi connectivity index (χ1v) is 9.47. The maximum atomic E-state index is 5.45. The topological polar surface area (TPSA) is 45.4 Å². The smallest absolute Gasteiger partial charge is 0.167 e. The minimum atomic E-state index is 0.607. The van der Waals surface area contributed by atoms with Gasteiger partial charge in [-0.3, -0.25) is 14.8 Å². The summed E-state index contributed by atoms with van der Waals surface area (Å²) in [5.74, 6) is 0. The van der Waals surface area contributed by atoms with Crippen LogP contribution in [-0.4, -0.2) is 45.1 Å². The van der Waals surface area contributed by atoms with Gasteiger partial charge in [0.15, 0.2) is 5.58 Å². The second kappa shape index (κ2) is 6.20. The Balaban J connectivity index is 1.26. The number of hydrogen-bond acceptors (Lipinski definition) is 5. The van der Waals surface area contributed by atoms with Crippen LogP contribution in [0.15, 0.2) is 51.6 Å². The van der Waals surface area contributed by atoms with Crippen molar-refractivity contribution >= 4 is 26.9 Å². The monoisotopic (exact) mass is 398 g/mol. The van der Waals surface area contributed by atoms with Crippen molar-refractivity contribution in [2.45, 2.75) is 31.6 Å². The summed E-state index contributed by atoms with van der Waals surface area (Å²) in [6.45, 7) is 4.03. The van der Waals surface area contributed by atoms with Crippen LogP contribution in [0.4, 0.5) is 0 Å². The molecule has 4 heterocycles. The number of aromatic nitrogens is 2. The van der Waals surface area contributed by atoms with E-state index in [1.807, 2.05) is 24.4 Å². The van der Waals surface area contributed by atoms with E-state index >= 15 is 0 Å². The van der Waals surface area contributed by atoms with Crippen LogP contribution in [0.2, 0.25) is 0 Å². The van der Waals surface area contributed by atoms with E-state index < -0.39 is 0 Å². The minimum absolute atomic E-state index is 0.607. The molecule has 2 unspecified atom stereocenters. The summed E-state index contributed by atoms with van der Waals surface area (Å²) < 4.78 is 6.48. The van der Waals surface area contributed by atoms with Crippen molar-refractivity contribution in [2.75, 3.05) is 13.1 Å². The quantitative estimate of drug-likeness (QED) is 0.673. The van der Waals surface area contributed by atoms with Crippen LogP contribution in [0.5, 0.6) is 0 Å². The maximum Gasteiger partial charge on any atom is 0.167 e. The van der Waals surface area contributed by atoms with E-state index in [0.717, 1.165) is 53.0 Å². The fourth-order valence-electron chi connectivity index (χ4n) is 4.17. The molecule has 0 saturated carbocycles. The summed E-state index contributed by atoms with van der Waals surface area (Å²) in [5.41, 5.74) is 3.08. The van der Waals surface area contributed by atoms with Crippen molar-refractivity contribution in [3.63, 3.8) is 0 Å². The molecule has 2 fully saturated rings. The van der Waals surface area contributed by atoms with Crippen LogP contribution in [0.1, 0.15) is 17.8 Å². The Morgan fingerprint density at radius 3 is 2.60 bits per heavy atom. The summed E-state index contributed by atoms with van der Waals surface area (Å²) >= 11 is 3.45. The zero-order valence-corrected chi connectivity index (χ0v) is 15.4. The van der Waals surface area contributed by atoms with Gasteiger partial charge >= 0.3 is 0 Å². The van der Waals surface area contributed by atoms with Gasteiger partial charge in [0, 0.05) is 54.3 Å². The third-order valence-corrected chi connectivity index (χ3v) is 5.90. The van der Waals surface area contributed by atoms with Crippen LogP contribution in [0.3, 0.4) is 0 Å². The third-order valence-electron chi connectivity index (χ3n) is 5.43. The van der Waals surface area contributed by atoms with Gasteiger partial charge in [-0.1, -0.05) is 17.3 Å². The second-order valence-corrected chi connectivity index (χ2v) is 7.91. The fourth-order valence-corrected chi connectivity index (χ4v) is 4.41. The van der Waals surface area contributed by atoms with Crippen LogP contribution < -0.4 is 0 Å². The van der Waals surface area contributed by atoms with E-state index in [2.05, 4.69) is 54.1 Å². The average Bonchev–Trinajstić information content (AvgIpc) is 3.32. The molecule has 5 rings (SSSR count). The second-order valence-electron chi connectivity index (χ2n) is 7.00. The Morgan fingerprint density at radius 2 is 1.84 bits per heavy atom. The van der Waals surface area contributed by atoms with Gasteiger partial charge in [0.25, 0.3) is 0 Å². The number of halogens is 1. The van der Waals surface area contributed by atoms with Gasteiger partial charge in [0.2, 0.25) is 0 Å². The third kappa shape index (κ3) is 2.88. The van der Waals surface area contributed by atoms with Gasteiger partial charge in [0.1, 0.15) is 5.69 Å². The van der Waals surface area contributed by atoms with Crippen molar-refractivity contribution in [3.8, 4) is 0 Å². The number of nitrogens with zero attached hydrogens (tertiary/aromatic N) is 4. The maximum absolute atomic E-state index is 5.45. The molecular formula is C19H19BrN4O. The Bertz CT molecular complexity index is 894. The highest BCUT2D eigenvalue weighted by Crippen LogP contribution is 2.33. The first-order chi connectivity index (χ1) is 12.3. The Kier molecular flexibility index (Phi) is 3.84. The number of likely N-dealkylation sites (tertiary alicyclic amines) is 2. The van der Waals surface area contributed by atoms with E-state index in [0.29, 0.717) is 12.1 Å². The molecule has 0 radical (unpaired) electrons. The molecular weight excluding hydrogens is 380 g/mol. The van der Waals surface area contributed by atoms with Crippen molar-refractivity contribution in [1.82, 2.24) is 19.9 Å². The normalized spacial score (nSPS) is 23.7. The zero-order chi connectivity index (χ0) is 16.8. The van der Waals surface area contributed by atoms with E-state index in [1.54, 1.807) is 0 Å². The minimum Gasteiger partial charge on any atom is -0.356 e. The summed E-state index contributed by atoms with van der Waals surface area (Å²) in [5, 5.41) is 5.43. The SMILES string of the molecule is Brc1ccc(CN2CC3CC2CN3Cc2noc3ccccc23)nc1. The summed E-state index contributed by atoms with van der Waals surface area (Å²) in [6.07, 6.45) is 3.12. The molecule has 6 heteroatoms. The van der Waals surface area contributed by atoms with Crippen LogP contribution >= 0.6 is 15.9 Å². The van der Waals surface area contributed by atoms with Gasteiger partial charge < -0.3 is 4.52 Å². The lowest BCUT2D eigenvalue weighted by atomic mass is 10.2. The van der Waals surface area contributed by atoms with Crippen molar-refractivity contribution < 1.29 is 4.52 Å². The average molecular weight is 399 g/mol. The predicted molar refractivity (Wildman–Crippen MR) is 99.0 cm³/mol. The highest BCUT2D eigenvalue weighted by Gasteiger charge is 2.43. The summed E-state index contributed by atoms with van der Waals surface area (Å²) in [6, 6.07) is 13.5. The number of benzene rings is 1. The van der Waals surface area contributed by atoms with Crippen molar-refractivity contribution in [3.05, 3.63) is 58.5 Å². The van der Waals surface area contributed by atoms with E-state index in [9.17, 15) is 0 Å². The number of hydrogen-bond donors (Lipinski definition) is 0. The van der Waals surface area contributed by atoms with Crippen LogP contribution in [-0.2, 0) is 13.1 Å². The zero-order valence-electron chi connectivity index (χ0n) is 13.8. The molecule has 128 valence electrons. The summed E-state index contributed by atoms with van der Waals surface area (Å²) in [7, 11) is 0. The lowest BCUT2D eigenvalue weighted by molar-refractivity contribution is 0.115. The number of pyridine rings is 1. The fraction of sp³-hybridized carbons (Fsp3) is 0.368.